The van der Waals surface area contributed by atoms with Crippen molar-refractivity contribution in [1.82, 2.24) is 15.2 Å². The van der Waals surface area contributed by atoms with Crippen LogP contribution in [0.1, 0.15) is 89.9 Å². The fourth-order valence-electron chi connectivity index (χ4n) is 8.06. The summed E-state index contributed by atoms with van der Waals surface area (Å²) in [6, 6.07) is 13.9. The third-order valence-corrected chi connectivity index (χ3v) is 10.3. The summed E-state index contributed by atoms with van der Waals surface area (Å²) >= 11 is 0. The van der Waals surface area contributed by atoms with Crippen LogP contribution in [0.2, 0.25) is 0 Å². The Morgan fingerprint density at radius 2 is 1.76 bits per heavy atom. The SMILES string of the molecule is CCN(c1cc(-c2ccc3c(c2)CCC3N2CCOCC2)cc(C(=O)NCc2c(C)cc(C)[nH]c2=O)c1C)C1CC(C)OC(C)C1. The van der Waals surface area contributed by atoms with Crippen molar-refractivity contribution in [1.29, 1.82) is 0 Å². The molecule has 6 rings (SSSR count). The second kappa shape index (κ2) is 13.7. The van der Waals surface area contributed by atoms with Crippen LogP contribution in [0.4, 0.5) is 5.69 Å². The summed E-state index contributed by atoms with van der Waals surface area (Å²) in [6.45, 7) is 16.9. The maximum Gasteiger partial charge on any atom is 0.253 e. The highest BCUT2D eigenvalue weighted by atomic mass is 16.5. The lowest BCUT2D eigenvalue weighted by molar-refractivity contribution is -0.0376. The number of benzene rings is 2. The summed E-state index contributed by atoms with van der Waals surface area (Å²) in [7, 11) is 0. The van der Waals surface area contributed by atoms with E-state index in [1.807, 2.05) is 26.0 Å². The number of hydrogen-bond acceptors (Lipinski definition) is 6. The largest absolute Gasteiger partial charge is 0.379 e. The van der Waals surface area contributed by atoms with Crippen molar-refractivity contribution in [2.75, 3.05) is 37.7 Å². The van der Waals surface area contributed by atoms with Crippen molar-refractivity contribution >= 4 is 11.6 Å². The average Bonchev–Trinajstić information content (AvgIpc) is 3.45. The Hall–Kier alpha value is -3.46. The molecule has 0 saturated carbocycles. The van der Waals surface area contributed by atoms with Gasteiger partial charge in [-0.15, -0.1) is 0 Å². The Morgan fingerprint density at radius 1 is 1.02 bits per heavy atom. The zero-order chi connectivity index (χ0) is 32.5. The molecule has 2 N–H and O–H groups in total. The van der Waals surface area contributed by atoms with Crippen LogP contribution in [0.5, 0.6) is 0 Å². The van der Waals surface area contributed by atoms with Gasteiger partial charge in [-0.2, -0.15) is 0 Å². The maximum atomic E-state index is 14.0. The van der Waals surface area contributed by atoms with Crippen LogP contribution in [0, 0.1) is 20.8 Å². The minimum absolute atomic E-state index is 0.155. The van der Waals surface area contributed by atoms with Gasteiger partial charge in [-0.1, -0.05) is 18.2 Å². The van der Waals surface area contributed by atoms with Crippen molar-refractivity contribution in [3.05, 3.63) is 85.8 Å². The van der Waals surface area contributed by atoms with Gasteiger partial charge in [0.05, 0.1) is 25.4 Å². The number of aromatic amines is 1. The van der Waals surface area contributed by atoms with E-state index in [-0.39, 0.29) is 30.2 Å². The second-order valence-electron chi connectivity index (χ2n) is 13.6. The number of carbonyl (C=O) groups is 1. The summed E-state index contributed by atoms with van der Waals surface area (Å²) in [4.78, 5) is 34.6. The molecule has 46 heavy (non-hydrogen) atoms. The zero-order valence-corrected chi connectivity index (χ0v) is 28.4. The standard InChI is InChI=1S/C38H50N4O4/c1-7-42(31-17-25(4)46-26(5)18-31)36-21-30(28-8-10-32-29(19-28)9-11-35(32)41-12-14-45-15-13-41)20-33(27(36)6)37(43)39-22-34-23(2)16-24(3)40-38(34)44/h8,10,16,19-21,25-26,31,35H,7,9,11-15,17-18,22H2,1-6H3,(H,39,43)(H,40,44). The van der Waals surface area contributed by atoms with Crippen LogP contribution in [0.25, 0.3) is 11.1 Å². The molecular formula is C38H50N4O4. The van der Waals surface area contributed by atoms with Crippen LogP contribution >= 0.6 is 0 Å². The van der Waals surface area contributed by atoms with Gasteiger partial charge in [-0.3, -0.25) is 14.5 Å². The van der Waals surface area contributed by atoms with Crippen molar-refractivity contribution in [3.8, 4) is 11.1 Å². The molecule has 3 aliphatic rings. The predicted molar refractivity (Wildman–Crippen MR) is 184 cm³/mol. The summed E-state index contributed by atoms with van der Waals surface area (Å²) < 4.78 is 11.7. The van der Waals surface area contributed by atoms with Gasteiger partial charge in [0.25, 0.3) is 11.5 Å². The molecule has 3 heterocycles. The number of morpholine rings is 1. The fourth-order valence-corrected chi connectivity index (χ4v) is 8.06. The molecule has 8 nitrogen and oxygen atoms in total. The molecule has 1 aliphatic carbocycles. The van der Waals surface area contributed by atoms with Crippen LogP contribution in [0.15, 0.2) is 41.2 Å². The fraction of sp³-hybridized carbons (Fsp3) is 0.526. The van der Waals surface area contributed by atoms with Gasteiger partial charge >= 0.3 is 0 Å². The van der Waals surface area contributed by atoms with Gasteiger partial charge in [0, 0.05) is 60.8 Å². The van der Waals surface area contributed by atoms with E-state index in [4.69, 9.17) is 9.47 Å². The molecule has 0 spiro atoms. The van der Waals surface area contributed by atoms with E-state index in [0.29, 0.717) is 23.2 Å². The first-order chi connectivity index (χ1) is 22.1. The number of fused-ring (bicyclic) bond motifs is 1. The van der Waals surface area contributed by atoms with Crippen LogP contribution in [-0.2, 0) is 22.4 Å². The molecule has 8 heteroatoms. The number of rotatable bonds is 8. The van der Waals surface area contributed by atoms with Gasteiger partial charge in [-0.05, 0) is 119 Å². The summed E-state index contributed by atoms with van der Waals surface area (Å²) in [5.74, 6) is -0.168. The Balaban J connectivity index is 1.37. The lowest BCUT2D eigenvalue weighted by Gasteiger charge is -2.41. The van der Waals surface area contributed by atoms with E-state index in [0.717, 1.165) is 92.2 Å². The molecule has 3 aromatic rings. The first-order valence-corrected chi connectivity index (χ1v) is 17.1. The molecule has 3 atom stereocenters. The molecule has 0 bridgehead atoms. The van der Waals surface area contributed by atoms with Gasteiger partial charge in [0.15, 0.2) is 0 Å². The molecule has 2 fully saturated rings. The van der Waals surface area contributed by atoms with Gasteiger partial charge < -0.3 is 24.7 Å². The number of H-pyrrole nitrogens is 1. The number of amides is 1. The average molecular weight is 627 g/mol. The summed E-state index contributed by atoms with van der Waals surface area (Å²) in [5.41, 5.74) is 9.81. The number of nitrogens with one attached hydrogen (secondary N) is 2. The van der Waals surface area contributed by atoms with Crippen molar-refractivity contribution < 1.29 is 14.3 Å². The quantitative estimate of drug-likeness (QED) is 0.319. The molecule has 3 unspecified atom stereocenters. The number of hydrogen-bond donors (Lipinski definition) is 2. The minimum Gasteiger partial charge on any atom is -0.379 e. The van der Waals surface area contributed by atoms with Crippen LogP contribution < -0.4 is 15.8 Å². The molecule has 2 aliphatic heterocycles. The number of aromatic nitrogens is 1. The first kappa shape index (κ1) is 32.5. The normalized spacial score (nSPS) is 23.3. The Morgan fingerprint density at radius 3 is 2.46 bits per heavy atom. The number of nitrogens with zero attached hydrogens (tertiary/aromatic N) is 2. The lowest BCUT2D eigenvalue weighted by Crippen LogP contribution is -2.44. The van der Waals surface area contributed by atoms with Crippen LogP contribution in [-0.4, -0.2) is 66.9 Å². The first-order valence-electron chi connectivity index (χ1n) is 17.1. The lowest BCUT2D eigenvalue weighted by atomic mass is 9.92. The van der Waals surface area contributed by atoms with Gasteiger partial charge in [0.1, 0.15) is 0 Å². The summed E-state index contributed by atoms with van der Waals surface area (Å²) in [6.07, 6.45) is 4.44. The Labute approximate surface area is 273 Å². The summed E-state index contributed by atoms with van der Waals surface area (Å²) in [5, 5.41) is 3.08. The van der Waals surface area contributed by atoms with E-state index in [1.54, 1.807) is 0 Å². The van der Waals surface area contributed by atoms with Gasteiger partial charge in [0.2, 0.25) is 0 Å². The number of aryl methyl sites for hydroxylation is 3. The van der Waals surface area contributed by atoms with Crippen LogP contribution in [0.3, 0.4) is 0 Å². The van der Waals surface area contributed by atoms with E-state index >= 15 is 0 Å². The molecule has 0 radical (unpaired) electrons. The highest BCUT2D eigenvalue weighted by Gasteiger charge is 2.32. The predicted octanol–water partition coefficient (Wildman–Crippen LogP) is 6.00. The van der Waals surface area contributed by atoms with E-state index in [2.05, 4.69) is 72.1 Å². The monoisotopic (exact) mass is 626 g/mol. The highest BCUT2D eigenvalue weighted by molar-refractivity contribution is 5.99. The number of ether oxygens (including phenoxy) is 2. The molecule has 246 valence electrons. The number of carbonyl (C=O) groups excluding carboxylic acids is 1. The molecular weight excluding hydrogens is 576 g/mol. The molecule has 1 aromatic heterocycles. The molecule has 2 aromatic carbocycles. The maximum absolute atomic E-state index is 14.0. The van der Waals surface area contributed by atoms with Crippen molar-refractivity contribution in [2.45, 2.75) is 98.1 Å². The molecule has 2 saturated heterocycles. The van der Waals surface area contributed by atoms with E-state index in [9.17, 15) is 9.59 Å². The van der Waals surface area contributed by atoms with Gasteiger partial charge in [-0.25, -0.2) is 0 Å². The molecule has 1 amide bonds. The van der Waals surface area contributed by atoms with Crippen molar-refractivity contribution in [3.63, 3.8) is 0 Å². The van der Waals surface area contributed by atoms with Crippen molar-refractivity contribution in [2.24, 2.45) is 0 Å². The topological polar surface area (TPSA) is 86.9 Å². The number of pyridine rings is 1. The Bertz CT molecular complexity index is 1630. The smallest absolute Gasteiger partial charge is 0.253 e. The number of anilines is 1. The third-order valence-electron chi connectivity index (χ3n) is 10.3. The zero-order valence-electron chi connectivity index (χ0n) is 28.4. The Kier molecular flexibility index (Phi) is 9.69. The van der Waals surface area contributed by atoms with E-state index < -0.39 is 0 Å². The van der Waals surface area contributed by atoms with E-state index in [1.165, 1.54) is 11.1 Å². The third kappa shape index (κ3) is 6.66. The second-order valence-corrected chi connectivity index (χ2v) is 13.6. The highest BCUT2D eigenvalue weighted by Crippen LogP contribution is 2.40. The minimum atomic E-state index is -0.168.